The molecule has 3 aliphatic rings. The normalized spacial score (nSPS) is 23.4. The highest BCUT2D eigenvalue weighted by Crippen LogP contribution is 2.47. The average Bonchev–Trinajstić information content (AvgIpc) is 3.39. The first-order valence-corrected chi connectivity index (χ1v) is 9.30. The van der Waals surface area contributed by atoms with Crippen LogP contribution in [0.1, 0.15) is 51.4 Å². The first-order chi connectivity index (χ1) is 9.90. The SMILES string of the molecule is c1ccc(SC2CCCC2)c(NC(C2CC2)C2CC2)c1. The predicted octanol–water partition coefficient (Wildman–Crippen LogP) is 5.32. The second kappa shape index (κ2) is 5.63. The Morgan fingerprint density at radius 2 is 1.55 bits per heavy atom. The Kier molecular flexibility index (Phi) is 3.68. The van der Waals surface area contributed by atoms with E-state index in [1.165, 1.54) is 61.9 Å². The zero-order valence-corrected chi connectivity index (χ0v) is 13.0. The number of hydrogen-bond donors (Lipinski definition) is 1. The van der Waals surface area contributed by atoms with Crippen molar-refractivity contribution < 1.29 is 0 Å². The Balaban J connectivity index is 1.48. The van der Waals surface area contributed by atoms with E-state index < -0.39 is 0 Å². The van der Waals surface area contributed by atoms with Crippen LogP contribution in [0.3, 0.4) is 0 Å². The Labute approximate surface area is 126 Å². The van der Waals surface area contributed by atoms with Crippen molar-refractivity contribution in [2.75, 3.05) is 5.32 Å². The number of thioether (sulfide) groups is 1. The quantitative estimate of drug-likeness (QED) is 0.759. The molecule has 1 aromatic carbocycles. The van der Waals surface area contributed by atoms with Crippen molar-refractivity contribution in [2.45, 2.75) is 67.6 Å². The third-order valence-electron chi connectivity index (χ3n) is 5.06. The van der Waals surface area contributed by atoms with Gasteiger partial charge in [-0.05, 0) is 62.5 Å². The lowest BCUT2D eigenvalue weighted by Gasteiger charge is -2.22. The lowest BCUT2D eigenvalue weighted by Crippen LogP contribution is -2.24. The summed E-state index contributed by atoms with van der Waals surface area (Å²) in [6, 6.07) is 9.78. The summed E-state index contributed by atoms with van der Waals surface area (Å²) in [6.45, 7) is 0. The maximum absolute atomic E-state index is 3.92. The molecule has 1 aromatic rings. The van der Waals surface area contributed by atoms with E-state index in [1.807, 2.05) is 0 Å². The van der Waals surface area contributed by atoms with Crippen molar-refractivity contribution in [1.29, 1.82) is 0 Å². The number of benzene rings is 1. The second-order valence-corrected chi connectivity index (χ2v) is 8.21. The molecule has 0 saturated heterocycles. The summed E-state index contributed by atoms with van der Waals surface area (Å²) < 4.78 is 0. The van der Waals surface area contributed by atoms with Gasteiger partial charge in [0.05, 0.1) is 0 Å². The molecule has 3 saturated carbocycles. The topological polar surface area (TPSA) is 12.0 Å². The molecule has 0 unspecified atom stereocenters. The van der Waals surface area contributed by atoms with Crippen molar-refractivity contribution in [2.24, 2.45) is 11.8 Å². The predicted molar refractivity (Wildman–Crippen MR) is 87.4 cm³/mol. The molecular formula is C18H25NS. The number of rotatable bonds is 6. The lowest BCUT2D eigenvalue weighted by molar-refractivity contribution is 0.566. The summed E-state index contributed by atoms with van der Waals surface area (Å²) in [5.41, 5.74) is 1.41. The van der Waals surface area contributed by atoms with E-state index in [4.69, 9.17) is 0 Å². The molecule has 1 nitrogen and oxygen atoms in total. The Bertz CT molecular complexity index is 446. The van der Waals surface area contributed by atoms with E-state index in [-0.39, 0.29) is 0 Å². The fourth-order valence-electron chi connectivity index (χ4n) is 3.59. The van der Waals surface area contributed by atoms with E-state index in [0.29, 0.717) is 0 Å². The molecule has 0 spiro atoms. The van der Waals surface area contributed by atoms with Crippen LogP contribution in [0.15, 0.2) is 29.2 Å². The van der Waals surface area contributed by atoms with Crippen LogP contribution in [0.25, 0.3) is 0 Å². The first kappa shape index (κ1) is 13.1. The van der Waals surface area contributed by atoms with Crippen LogP contribution >= 0.6 is 11.8 Å². The third kappa shape index (κ3) is 3.00. The van der Waals surface area contributed by atoms with Crippen molar-refractivity contribution in [1.82, 2.24) is 0 Å². The fourth-order valence-corrected chi connectivity index (χ4v) is 4.92. The molecule has 20 heavy (non-hydrogen) atoms. The van der Waals surface area contributed by atoms with E-state index >= 15 is 0 Å². The van der Waals surface area contributed by atoms with Crippen LogP contribution < -0.4 is 5.32 Å². The van der Waals surface area contributed by atoms with Crippen LogP contribution in [0, 0.1) is 11.8 Å². The number of para-hydroxylation sites is 1. The Morgan fingerprint density at radius 3 is 2.20 bits per heavy atom. The number of nitrogens with one attached hydrogen (secondary N) is 1. The van der Waals surface area contributed by atoms with E-state index in [9.17, 15) is 0 Å². The molecule has 3 fully saturated rings. The monoisotopic (exact) mass is 287 g/mol. The van der Waals surface area contributed by atoms with E-state index in [2.05, 4.69) is 41.3 Å². The van der Waals surface area contributed by atoms with Gasteiger partial charge in [0.1, 0.15) is 0 Å². The van der Waals surface area contributed by atoms with Crippen LogP contribution in [0.4, 0.5) is 5.69 Å². The van der Waals surface area contributed by atoms with Crippen molar-refractivity contribution in [3.63, 3.8) is 0 Å². The maximum Gasteiger partial charge on any atom is 0.0480 e. The largest absolute Gasteiger partial charge is 0.381 e. The minimum Gasteiger partial charge on any atom is -0.381 e. The van der Waals surface area contributed by atoms with Crippen LogP contribution in [0.2, 0.25) is 0 Å². The highest BCUT2D eigenvalue weighted by molar-refractivity contribution is 8.00. The molecule has 0 radical (unpaired) electrons. The third-order valence-corrected chi connectivity index (χ3v) is 6.48. The molecule has 1 N–H and O–H groups in total. The van der Waals surface area contributed by atoms with Gasteiger partial charge in [-0.2, -0.15) is 0 Å². The molecule has 0 aromatic heterocycles. The fraction of sp³-hybridized carbons (Fsp3) is 0.667. The van der Waals surface area contributed by atoms with Gasteiger partial charge in [0.15, 0.2) is 0 Å². The molecule has 3 aliphatic carbocycles. The molecule has 2 heteroatoms. The van der Waals surface area contributed by atoms with Gasteiger partial charge in [0, 0.05) is 21.9 Å². The highest BCUT2D eigenvalue weighted by atomic mass is 32.2. The van der Waals surface area contributed by atoms with Crippen molar-refractivity contribution >= 4 is 17.4 Å². The van der Waals surface area contributed by atoms with Gasteiger partial charge in [-0.1, -0.05) is 25.0 Å². The second-order valence-electron chi connectivity index (χ2n) is 6.87. The number of hydrogen-bond acceptors (Lipinski definition) is 2. The van der Waals surface area contributed by atoms with Gasteiger partial charge >= 0.3 is 0 Å². The zero-order valence-electron chi connectivity index (χ0n) is 12.2. The van der Waals surface area contributed by atoms with Crippen molar-refractivity contribution in [3.8, 4) is 0 Å². The molecule has 0 bridgehead atoms. The standard InChI is InChI=1S/C18H25NS/c1-2-6-15(5-1)20-17-8-4-3-7-16(17)19-18(13-9-10-13)14-11-12-14/h3-4,7-8,13-15,18-19H,1-2,5-6,9-12H2. The van der Waals surface area contributed by atoms with Gasteiger partial charge in [0.2, 0.25) is 0 Å². The summed E-state index contributed by atoms with van der Waals surface area (Å²) in [4.78, 5) is 1.49. The lowest BCUT2D eigenvalue weighted by atomic mass is 10.1. The Morgan fingerprint density at radius 1 is 0.900 bits per heavy atom. The van der Waals surface area contributed by atoms with Gasteiger partial charge in [0.25, 0.3) is 0 Å². The van der Waals surface area contributed by atoms with Crippen LogP contribution in [0.5, 0.6) is 0 Å². The van der Waals surface area contributed by atoms with Crippen LogP contribution in [-0.4, -0.2) is 11.3 Å². The summed E-state index contributed by atoms with van der Waals surface area (Å²) >= 11 is 2.12. The minimum atomic E-state index is 0.764. The summed E-state index contributed by atoms with van der Waals surface area (Å²) in [5, 5.41) is 4.78. The highest BCUT2D eigenvalue weighted by Gasteiger charge is 2.41. The van der Waals surface area contributed by atoms with Gasteiger partial charge in [-0.15, -0.1) is 11.8 Å². The molecular weight excluding hydrogens is 262 g/mol. The van der Waals surface area contributed by atoms with Gasteiger partial charge < -0.3 is 5.32 Å². The van der Waals surface area contributed by atoms with Crippen molar-refractivity contribution in [3.05, 3.63) is 24.3 Å². The molecule has 0 amide bonds. The van der Waals surface area contributed by atoms with Crippen LogP contribution in [-0.2, 0) is 0 Å². The summed E-state index contributed by atoms with van der Waals surface area (Å²) in [7, 11) is 0. The molecule has 0 atom stereocenters. The molecule has 108 valence electrons. The molecule has 0 aliphatic heterocycles. The van der Waals surface area contributed by atoms with Gasteiger partial charge in [-0.3, -0.25) is 0 Å². The zero-order chi connectivity index (χ0) is 13.4. The van der Waals surface area contributed by atoms with Gasteiger partial charge in [-0.25, -0.2) is 0 Å². The van der Waals surface area contributed by atoms with E-state index in [0.717, 1.165) is 23.1 Å². The summed E-state index contributed by atoms with van der Waals surface area (Å²) in [6.07, 6.45) is 11.5. The summed E-state index contributed by atoms with van der Waals surface area (Å²) in [5.74, 6) is 1.93. The maximum atomic E-state index is 3.92. The molecule has 0 heterocycles. The van der Waals surface area contributed by atoms with E-state index in [1.54, 1.807) is 0 Å². The Hall–Kier alpha value is -0.630. The average molecular weight is 287 g/mol. The first-order valence-electron chi connectivity index (χ1n) is 8.42. The number of anilines is 1. The molecule has 4 rings (SSSR count). The minimum absolute atomic E-state index is 0.764. The smallest absolute Gasteiger partial charge is 0.0480 e.